The van der Waals surface area contributed by atoms with E-state index in [1.54, 1.807) is 20.8 Å². The van der Waals surface area contributed by atoms with Gasteiger partial charge in [0, 0.05) is 6.42 Å². The molecule has 0 aromatic heterocycles. The number of hydrogen-bond donors (Lipinski definition) is 2. The lowest BCUT2D eigenvalue weighted by atomic mass is 10.1. The maximum atomic E-state index is 11.7. The third kappa shape index (κ3) is 4.97. The van der Waals surface area contributed by atoms with Crippen molar-refractivity contribution in [3.63, 3.8) is 0 Å². The molecule has 1 aliphatic rings. The zero-order valence-corrected chi connectivity index (χ0v) is 9.65. The van der Waals surface area contributed by atoms with Gasteiger partial charge < -0.3 is 19.9 Å². The summed E-state index contributed by atoms with van der Waals surface area (Å²) in [6.45, 7) is 5.77. The average Bonchev–Trinajstić information content (AvgIpc) is 2.82. The van der Waals surface area contributed by atoms with Gasteiger partial charge in [-0.2, -0.15) is 0 Å². The first-order chi connectivity index (χ1) is 7.28. The van der Waals surface area contributed by atoms with Crippen molar-refractivity contribution in [2.45, 2.75) is 44.9 Å². The molecule has 0 spiro atoms. The number of carbonyl (C=O) groups is 2. The number of carbonyl (C=O) groups excluding carboxylic acids is 1. The van der Waals surface area contributed by atoms with Crippen LogP contribution in [0.15, 0.2) is 0 Å². The van der Waals surface area contributed by atoms with E-state index in [-0.39, 0.29) is 6.10 Å². The zero-order chi connectivity index (χ0) is 12.3. The molecule has 0 aromatic rings. The number of amides is 1. The maximum Gasteiger partial charge on any atom is 0.405 e. The molecule has 1 amide bonds. The predicted octanol–water partition coefficient (Wildman–Crippen LogP) is 0.753. The molecule has 1 fully saturated rings. The molecule has 92 valence electrons. The van der Waals surface area contributed by atoms with Gasteiger partial charge in [0.2, 0.25) is 0 Å². The van der Waals surface area contributed by atoms with Crippen LogP contribution < -0.4 is 5.32 Å². The zero-order valence-electron chi connectivity index (χ0n) is 9.65. The lowest BCUT2D eigenvalue weighted by Crippen LogP contribution is -2.44. The molecule has 1 aliphatic heterocycles. The lowest BCUT2D eigenvalue weighted by molar-refractivity contribution is -0.157. The summed E-state index contributed by atoms with van der Waals surface area (Å²) in [5, 5.41) is 10.7. The molecule has 0 saturated carbocycles. The van der Waals surface area contributed by atoms with Crippen LogP contribution in [0, 0.1) is 0 Å². The first-order valence-corrected chi connectivity index (χ1v) is 5.12. The Morgan fingerprint density at radius 1 is 1.56 bits per heavy atom. The monoisotopic (exact) mass is 231 g/mol. The summed E-state index contributed by atoms with van der Waals surface area (Å²) in [5.41, 5.74) is -0.625. The molecular formula is C10H17NO5. The van der Waals surface area contributed by atoms with Gasteiger partial charge in [-0.3, -0.25) is 0 Å². The smallest absolute Gasteiger partial charge is 0.405 e. The van der Waals surface area contributed by atoms with Crippen LogP contribution in [0.4, 0.5) is 4.79 Å². The van der Waals surface area contributed by atoms with Gasteiger partial charge in [-0.15, -0.1) is 0 Å². The molecule has 0 aromatic carbocycles. The lowest BCUT2D eigenvalue weighted by Gasteiger charge is -2.23. The van der Waals surface area contributed by atoms with Crippen LogP contribution >= 0.6 is 0 Å². The van der Waals surface area contributed by atoms with Gasteiger partial charge in [-0.25, -0.2) is 9.59 Å². The van der Waals surface area contributed by atoms with E-state index < -0.39 is 23.7 Å². The Morgan fingerprint density at radius 3 is 2.50 bits per heavy atom. The molecule has 1 heterocycles. The third-order valence-electron chi connectivity index (χ3n) is 1.89. The minimum absolute atomic E-state index is 0.0376. The number of epoxide rings is 1. The minimum atomic E-state index is -1.24. The van der Waals surface area contributed by atoms with E-state index in [0.717, 1.165) is 0 Å². The van der Waals surface area contributed by atoms with Crippen molar-refractivity contribution in [1.82, 2.24) is 5.32 Å². The number of ether oxygens (including phenoxy) is 2. The van der Waals surface area contributed by atoms with Crippen LogP contribution in [-0.4, -0.2) is 41.5 Å². The Morgan fingerprint density at radius 2 is 2.12 bits per heavy atom. The SMILES string of the molecule is CC(C)(C)OC(=O)C(CC1CO1)NC(=O)O. The van der Waals surface area contributed by atoms with Gasteiger partial charge in [-0.05, 0) is 20.8 Å². The highest BCUT2D eigenvalue weighted by Crippen LogP contribution is 2.18. The molecular weight excluding hydrogens is 214 g/mol. The summed E-state index contributed by atoms with van der Waals surface area (Å²) in [7, 11) is 0. The Balaban J connectivity index is 2.52. The van der Waals surface area contributed by atoms with Crippen molar-refractivity contribution in [2.75, 3.05) is 6.61 Å². The van der Waals surface area contributed by atoms with Gasteiger partial charge in [0.1, 0.15) is 11.6 Å². The summed E-state index contributed by atoms with van der Waals surface area (Å²) in [5.74, 6) is -0.564. The van der Waals surface area contributed by atoms with Crippen molar-refractivity contribution < 1.29 is 24.2 Å². The topological polar surface area (TPSA) is 88.2 Å². The fraction of sp³-hybridized carbons (Fsp3) is 0.800. The summed E-state index contributed by atoms with van der Waals surface area (Å²) in [6.07, 6.45) is -0.956. The van der Waals surface area contributed by atoms with Crippen molar-refractivity contribution >= 4 is 12.1 Å². The van der Waals surface area contributed by atoms with Crippen LogP contribution in [0.1, 0.15) is 27.2 Å². The highest BCUT2D eigenvalue weighted by atomic mass is 16.6. The van der Waals surface area contributed by atoms with Gasteiger partial charge >= 0.3 is 12.1 Å². The van der Waals surface area contributed by atoms with Gasteiger partial charge in [0.15, 0.2) is 0 Å². The standard InChI is InChI=1S/C10H17NO5/c1-10(2,3)16-8(12)7(11-9(13)14)4-6-5-15-6/h6-7,11H,4-5H2,1-3H3,(H,13,14). The van der Waals surface area contributed by atoms with Crippen LogP contribution in [0.5, 0.6) is 0 Å². The molecule has 2 unspecified atom stereocenters. The Kier molecular flexibility index (Phi) is 3.74. The van der Waals surface area contributed by atoms with E-state index in [4.69, 9.17) is 14.6 Å². The van der Waals surface area contributed by atoms with Gasteiger partial charge in [-0.1, -0.05) is 0 Å². The molecule has 0 bridgehead atoms. The predicted molar refractivity (Wildman–Crippen MR) is 55.2 cm³/mol. The average molecular weight is 231 g/mol. The summed E-state index contributed by atoms with van der Waals surface area (Å²) in [4.78, 5) is 22.2. The van der Waals surface area contributed by atoms with E-state index >= 15 is 0 Å². The minimum Gasteiger partial charge on any atom is -0.465 e. The van der Waals surface area contributed by atoms with Crippen LogP contribution in [-0.2, 0) is 14.3 Å². The summed E-state index contributed by atoms with van der Waals surface area (Å²) < 4.78 is 10.1. The molecule has 6 nitrogen and oxygen atoms in total. The van der Waals surface area contributed by atoms with Crippen molar-refractivity contribution in [3.05, 3.63) is 0 Å². The van der Waals surface area contributed by atoms with Crippen LogP contribution in [0.3, 0.4) is 0 Å². The Bertz CT molecular complexity index is 279. The van der Waals surface area contributed by atoms with Gasteiger partial charge in [0.05, 0.1) is 12.7 Å². The summed E-state index contributed by atoms with van der Waals surface area (Å²) >= 11 is 0. The quantitative estimate of drug-likeness (QED) is 0.550. The second kappa shape index (κ2) is 4.69. The number of nitrogens with one attached hydrogen (secondary N) is 1. The number of esters is 1. The highest BCUT2D eigenvalue weighted by Gasteiger charge is 2.33. The van der Waals surface area contributed by atoms with E-state index in [0.29, 0.717) is 13.0 Å². The van der Waals surface area contributed by atoms with Crippen molar-refractivity contribution in [2.24, 2.45) is 0 Å². The van der Waals surface area contributed by atoms with Crippen molar-refractivity contribution in [3.8, 4) is 0 Å². The molecule has 6 heteroatoms. The molecule has 2 atom stereocenters. The summed E-state index contributed by atoms with van der Waals surface area (Å²) in [6, 6.07) is -0.857. The maximum absolute atomic E-state index is 11.7. The van der Waals surface area contributed by atoms with Crippen molar-refractivity contribution in [1.29, 1.82) is 0 Å². The number of carboxylic acid groups (broad SMARTS) is 1. The van der Waals surface area contributed by atoms with E-state index in [1.165, 1.54) is 0 Å². The Labute approximate surface area is 93.9 Å². The van der Waals surface area contributed by atoms with E-state index in [1.807, 2.05) is 0 Å². The highest BCUT2D eigenvalue weighted by molar-refractivity contribution is 5.81. The molecule has 1 rings (SSSR count). The normalized spacial score (nSPS) is 21.1. The fourth-order valence-corrected chi connectivity index (χ4v) is 1.20. The molecule has 0 radical (unpaired) electrons. The molecule has 0 aliphatic carbocycles. The van der Waals surface area contributed by atoms with Crippen LogP contribution in [0.25, 0.3) is 0 Å². The first kappa shape index (κ1) is 12.8. The largest absolute Gasteiger partial charge is 0.465 e. The first-order valence-electron chi connectivity index (χ1n) is 5.12. The number of rotatable bonds is 4. The fourth-order valence-electron chi connectivity index (χ4n) is 1.20. The van der Waals surface area contributed by atoms with E-state index in [2.05, 4.69) is 5.32 Å². The number of hydrogen-bond acceptors (Lipinski definition) is 4. The third-order valence-corrected chi connectivity index (χ3v) is 1.89. The van der Waals surface area contributed by atoms with Crippen LogP contribution in [0.2, 0.25) is 0 Å². The molecule has 1 saturated heterocycles. The second-order valence-corrected chi connectivity index (χ2v) is 4.73. The van der Waals surface area contributed by atoms with E-state index in [9.17, 15) is 9.59 Å². The molecule has 2 N–H and O–H groups in total. The Hall–Kier alpha value is -1.30. The second-order valence-electron chi connectivity index (χ2n) is 4.73. The molecule has 16 heavy (non-hydrogen) atoms. The van der Waals surface area contributed by atoms with Gasteiger partial charge in [0.25, 0.3) is 0 Å².